The molecule has 0 amide bonds. The molecule has 0 aliphatic rings. The van der Waals surface area contributed by atoms with Gasteiger partial charge in [0.2, 0.25) is 0 Å². The van der Waals surface area contributed by atoms with Crippen LogP contribution in [0.25, 0.3) is 5.57 Å². The van der Waals surface area contributed by atoms with Gasteiger partial charge in [-0.15, -0.1) is 0 Å². The Bertz CT molecular complexity index is 1260. The van der Waals surface area contributed by atoms with Gasteiger partial charge in [-0.25, -0.2) is 0 Å². The molecule has 0 radical (unpaired) electrons. The zero-order valence-electron chi connectivity index (χ0n) is 17.8. The van der Waals surface area contributed by atoms with E-state index >= 15 is 0 Å². The molecular formula is C23H14Cl3F6N3O. The van der Waals surface area contributed by atoms with Crippen molar-refractivity contribution in [3.05, 3.63) is 98.4 Å². The molecule has 0 atom stereocenters. The lowest BCUT2D eigenvalue weighted by atomic mass is 10.1. The van der Waals surface area contributed by atoms with Crippen molar-refractivity contribution < 1.29 is 31.2 Å². The minimum atomic E-state index is -4.66. The Morgan fingerprint density at radius 3 is 2.06 bits per heavy atom. The van der Waals surface area contributed by atoms with Gasteiger partial charge in [0.1, 0.15) is 6.61 Å². The minimum absolute atomic E-state index is 0.0684. The van der Waals surface area contributed by atoms with Gasteiger partial charge in [0.05, 0.1) is 27.5 Å². The van der Waals surface area contributed by atoms with Crippen molar-refractivity contribution >= 4 is 52.3 Å². The molecule has 2 aromatic carbocycles. The molecule has 0 aliphatic heterocycles. The lowest BCUT2D eigenvalue weighted by Gasteiger charge is -2.11. The molecule has 0 saturated carbocycles. The van der Waals surface area contributed by atoms with Crippen LogP contribution in [0.2, 0.25) is 15.1 Å². The smallest absolute Gasteiger partial charge is 0.273 e. The first-order valence-electron chi connectivity index (χ1n) is 9.81. The predicted octanol–water partition coefficient (Wildman–Crippen LogP) is 8.54. The van der Waals surface area contributed by atoms with E-state index in [-0.39, 0.29) is 28.6 Å². The molecule has 0 unspecified atom stereocenters. The molecule has 1 heterocycles. The molecule has 36 heavy (non-hydrogen) atoms. The second-order valence-corrected chi connectivity index (χ2v) is 8.28. The van der Waals surface area contributed by atoms with Crippen LogP contribution in [0, 0.1) is 0 Å². The molecular weight excluding hydrogens is 555 g/mol. The lowest BCUT2D eigenvalue weighted by Crippen LogP contribution is -2.10. The van der Waals surface area contributed by atoms with Gasteiger partial charge in [-0.2, -0.15) is 26.3 Å². The van der Waals surface area contributed by atoms with Gasteiger partial charge in [0.25, 0.3) is 0 Å². The average Bonchev–Trinajstić information content (AvgIpc) is 2.79. The number of hydrogen-bond donors (Lipinski definition) is 1. The Balaban J connectivity index is 1.87. The number of rotatable bonds is 7. The maximum absolute atomic E-state index is 13.0. The van der Waals surface area contributed by atoms with Gasteiger partial charge in [-0.05, 0) is 42.5 Å². The number of benzene rings is 2. The molecule has 1 N–H and O–H groups in total. The molecule has 0 aliphatic carbocycles. The van der Waals surface area contributed by atoms with Gasteiger partial charge in [0.15, 0.2) is 0 Å². The van der Waals surface area contributed by atoms with Crippen LogP contribution in [-0.4, -0.2) is 11.2 Å². The van der Waals surface area contributed by atoms with Crippen molar-refractivity contribution in [2.75, 3.05) is 0 Å². The maximum Gasteiger partial charge on any atom is 0.417 e. The van der Waals surface area contributed by atoms with Crippen molar-refractivity contribution in [3.8, 4) is 0 Å². The van der Waals surface area contributed by atoms with Crippen LogP contribution in [0.5, 0.6) is 0 Å². The van der Waals surface area contributed by atoms with E-state index in [1.165, 1.54) is 6.20 Å². The Morgan fingerprint density at radius 1 is 0.889 bits per heavy atom. The fourth-order valence-corrected chi connectivity index (χ4v) is 3.52. The molecule has 0 saturated heterocycles. The number of nitrogens with zero attached hydrogens (tertiary/aromatic N) is 2. The van der Waals surface area contributed by atoms with Crippen LogP contribution >= 0.6 is 34.8 Å². The zero-order chi connectivity index (χ0) is 26.5. The van der Waals surface area contributed by atoms with Crippen LogP contribution in [-0.2, 0) is 23.8 Å². The quantitative estimate of drug-likeness (QED) is 0.134. The number of hydroxylamine groups is 1. The number of allylic oxidation sites excluding steroid dienone is 1. The molecule has 3 rings (SSSR count). The first-order valence-corrected chi connectivity index (χ1v) is 10.9. The standard InChI is InChI=1S/C23H14Cl3F6N3O/c24-18-2-1-3-19(25)17(18)12-36-35-10-13(21-20(26)8-15(11-34-21)23(30,31)32)9-33-16-6-4-14(5-7-16)22(27,28)29/h1-11,35H,12H2. The Kier molecular flexibility index (Phi) is 8.89. The number of nitrogens with one attached hydrogen (secondary N) is 1. The van der Waals surface area contributed by atoms with E-state index in [0.29, 0.717) is 27.9 Å². The van der Waals surface area contributed by atoms with E-state index in [0.717, 1.165) is 30.5 Å². The summed E-state index contributed by atoms with van der Waals surface area (Å²) in [5.74, 6) is 0. The van der Waals surface area contributed by atoms with Crippen molar-refractivity contribution in [2.24, 2.45) is 4.99 Å². The SMILES string of the molecule is FC(F)(F)c1ccc(N=CC(=CNOCc2c(Cl)cccc2Cl)c2ncc(C(F)(F)F)cc2Cl)cc1. The van der Waals surface area contributed by atoms with Crippen LogP contribution in [0.4, 0.5) is 32.0 Å². The lowest BCUT2D eigenvalue weighted by molar-refractivity contribution is -0.138. The summed E-state index contributed by atoms with van der Waals surface area (Å²) in [4.78, 5) is 13.2. The summed E-state index contributed by atoms with van der Waals surface area (Å²) in [6.45, 7) is -0.0769. The summed E-state index contributed by atoms with van der Waals surface area (Å²) in [5, 5.41) is 0.362. The van der Waals surface area contributed by atoms with Gasteiger partial charge in [0, 0.05) is 39.8 Å². The molecule has 0 fully saturated rings. The first-order chi connectivity index (χ1) is 16.9. The number of aliphatic imine (C=N–C) groups is 1. The van der Waals surface area contributed by atoms with Crippen LogP contribution in [0.1, 0.15) is 22.4 Å². The average molecular weight is 569 g/mol. The van der Waals surface area contributed by atoms with Crippen LogP contribution in [0.15, 0.2) is 65.9 Å². The van der Waals surface area contributed by atoms with Crippen molar-refractivity contribution in [1.29, 1.82) is 0 Å². The third-order valence-corrected chi connectivity index (χ3v) is 5.56. The van der Waals surface area contributed by atoms with Gasteiger partial charge in [-0.3, -0.25) is 20.3 Å². The normalized spacial score (nSPS) is 12.9. The molecule has 3 aromatic rings. The number of pyridine rings is 1. The fourth-order valence-electron chi connectivity index (χ4n) is 2.74. The molecule has 190 valence electrons. The largest absolute Gasteiger partial charge is 0.417 e. The number of halogens is 9. The Hall–Kier alpha value is -2.79. The summed E-state index contributed by atoms with van der Waals surface area (Å²) < 4.78 is 77.3. The van der Waals surface area contributed by atoms with E-state index in [1.54, 1.807) is 18.2 Å². The maximum atomic E-state index is 13.0. The van der Waals surface area contributed by atoms with Crippen LogP contribution in [0.3, 0.4) is 0 Å². The summed E-state index contributed by atoms with van der Waals surface area (Å²) in [6.07, 6.45) is -6.23. The highest BCUT2D eigenvalue weighted by molar-refractivity contribution is 6.36. The highest BCUT2D eigenvalue weighted by Crippen LogP contribution is 2.33. The fraction of sp³-hybridized carbons (Fsp3) is 0.130. The second-order valence-electron chi connectivity index (χ2n) is 7.06. The summed E-state index contributed by atoms with van der Waals surface area (Å²) in [7, 11) is 0. The topological polar surface area (TPSA) is 46.5 Å². The van der Waals surface area contributed by atoms with E-state index in [9.17, 15) is 26.3 Å². The number of hydrogen-bond acceptors (Lipinski definition) is 4. The van der Waals surface area contributed by atoms with Crippen LogP contribution < -0.4 is 5.48 Å². The third-order valence-electron chi connectivity index (χ3n) is 4.57. The highest BCUT2D eigenvalue weighted by Gasteiger charge is 2.32. The van der Waals surface area contributed by atoms with E-state index in [2.05, 4.69) is 15.5 Å². The molecule has 1 aromatic heterocycles. The minimum Gasteiger partial charge on any atom is -0.273 e. The van der Waals surface area contributed by atoms with Crippen molar-refractivity contribution in [2.45, 2.75) is 19.0 Å². The number of alkyl halides is 6. The molecule has 0 bridgehead atoms. The monoisotopic (exact) mass is 567 g/mol. The summed E-state index contributed by atoms with van der Waals surface area (Å²) >= 11 is 18.2. The molecule has 4 nitrogen and oxygen atoms in total. The van der Waals surface area contributed by atoms with Gasteiger partial charge in [-0.1, -0.05) is 40.9 Å². The van der Waals surface area contributed by atoms with Gasteiger partial charge >= 0.3 is 12.4 Å². The van der Waals surface area contributed by atoms with Crippen molar-refractivity contribution in [1.82, 2.24) is 10.5 Å². The van der Waals surface area contributed by atoms with Crippen molar-refractivity contribution in [3.63, 3.8) is 0 Å². The van der Waals surface area contributed by atoms with E-state index in [1.807, 2.05) is 0 Å². The highest BCUT2D eigenvalue weighted by atomic mass is 35.5. The Morgan fingerprint density at radius 2 is 1.50 bits per heavy atom. The molecule has 0 spiro atoms. The van der Waals surface area contributed by atoms with E-state index in [4.69, 9.17) is 39.6 Å². The number of aromatic nitrogens is 1. The molecule has 13 heteroatoms. The predicted molar refractivity (Wildman–Crippen MR) is 126 cm³/mol. The summed E-state index contributed by atoms with van der Waals surface area (Å²) in [5.41, 5.74) is 1.16. The van der Waals surface area contributed by atoms with Gasteiger partial charge < -0.3 is 0 Å². The van der Waals surface area contributed by atoms with E-state index < -0.39 is 23.5 Å². The first kappa shape index (κ1) is 27.8. The third kappa shape index (κ3) is 7.36. The Labute approximate surface area is 216 Å². The zero-order valence-corrected chi connectivity index (χ0v) is 20.0. The summed E-state index contributed by atoms with van der Waals surface area (Å²) in [6, 6.07) is 9.49. The second kappa shape index (κ2) is 11.5.